The van der Waals surface area contributed by atoms with Crippen LogP contribution in [0.4, 0.5) is 11.9 Å². The van der Waals surface area contributed by atoms with Gasteiger partial charge in [0.2, 0.25) is 5.95 Å². The summed E-state index contributed by atoms with van der Waals surface area (Å²) in [6, 6.07) is 2.71. The molecule has 0 aliphatic rings. The van der Waals surface area contributed by atoms with Gasteiger partial charge in [-0.05, 0) is 12.1 Å². The molecule has 0 radical (unpaired) electrons. The van der Waals surface area contributed by atoms with Crippen LogP contribution >= 0.6 is 0 Å². The average Bonchev–Trinajstić information content (AvgIpc) is 3.14. The van der Waals surface area contributed by atoms with Crippen molar-refractivity contribution in [1.29, 1.82) is 0 Å². The molecule has 0 bridgehead atoms. The SMILES string of the molecule is CCS(=O)(=O)c1cc(C(=O)Nc2ncc[nH]2)c2nc(N)[nH]c2c1. The molecule has 9 nitrogen and oxygen atoms in total. The number of aromatic amines is 2. The second-order valence-electron chi connectivity index (χ2n) is 4.78. The number of carbonyl (C=O) groups excluding carboxylic acids is 1. The number of nitrogens with two attached hydrogens (primary N) is 1. The maximum absolute atomic E-state index is 12.4. The number of fused-ring (bicyclic) bond motifs is 1. The first-order valence-corrected chi connectivity index (χ1v) is 8.38. The van der Waals surface area contributed by atoms with E-state index in [4.69, 9.17) is 5.73 Å². The van der Waals surface area contributed by atoms with E-state index in [0.717, 1.165) is 0 Å². The largest absolute Gasteiger partial charge is 0.369 e. The van der Waals surface area contributed by atoms with Gasteiger partial charge in [0.25, 0.3) is 5.91 Å². The summed E-state index contributed by atoms with van der Waals surface area (Å²) in [6.07, 6.45) is 3.03. The zero-order valence-corrected chi connectivity index (χ0v) is 12.9. The fourth-order valence-electron chi connectivity index (χ4n) is 2.14. The highest BCUT2D eigenvalue weighted by molar-refractivity contribution is 7.91. The lowest BCUT2D eigenvalue weighted by Crippen LogP contribution is -2.15. The minimum absolute atomic E-state index is 0.0285. The van der Waals surface area contributed by atoms with Crippen molar-refractivity contribution >= 4 is 38.7 Å². The first-order valence-electron chi connectivity index (χ1n) is 6.73. The number of nitrogens with zero attached hydrogens (tertiary/aromatic N) is 2. The van der Waals surface area contributed by atoms with Crippen molar-refractivity contribution in [2.75, 3.05) is 16.8 Å². The van der Waals surface area contributed by atoms with E-state index in [1.165, 1.54) is 25.3 Å². The second-order valence-corrected chi connectivity index (χ2v) is 7.06. The van der Waals surface area contributed by atoms with E-state index < -0.39 is 15.7 Å². The van der Waals surface area contributed by atoms with Gasteiger partial charge >= 0.3 is 0 Å². The lowest BCUT2D eigenvalue weighted by atomic mass is 10.1. The van der Waals surface area contributed by atoms with Crippen molar-refractivity contribution in [2.45, 2.75) is 11.8 Å². The molecular weight excluding hydrogens is 320 g/mol. The summed E-state index contributed by atoms with van der Waals surface area (Å²) in [5, 5.41) is 2.54. The monoisotopic (exact) mass is 334 g/mol. The number of anilines is 2. The molecule has 1 aromatic carbocycles. The molecule has 0 fully saturated rings. The Kier molecular flexibility index (Phi) is 3.52. The second kappa shape index (κ2) is 5.39. The molecule has 0 aliphatic heterocycles. The molecule has 10 heteroatoms. The third-order valence-electron chi connectivity index (χ3n) is 3.29. The van der Waals surface area contributed by atoms with E-state index in [2.05, 4.69) is 25.3 Å². The number of rotatable bonds is 4. The summed E-state index contributed by atoms with van der Waals surface area (Å²) in [7, 11) is -3.49. The Labute approximate surface area is 131 Å². The summed E-state index contributed by atoms with van der Waals surface area (Å²) in [6.45, 7) is 1.53. The highest BCUT2D eigenvalue weighted by atomic mass is 32.2. The fraction of sp³-hybridized carbons (Fsp3) is 0.154. The van der Waals surface area contributed by atoms with Crippen molar-refractivity contribution in [3.05, 3.63) is 30.1 Å². The Hall–Kier alpha value is -2.88. The van der Waals surface area contributed by atoms with Crippen molar-refractivity contribution in [1.82, 2.24) is 19.9 Å². The number of sulfone groups is 1. The summed E-state index contributed by atoms with van der Waals surface area (Å²) >= 11 is 0. The lowest BCUT2D eigenvalue weighted by molar-refractivity contribution is 0.102. The molecule has 0 saturated heterocycles. The minimum Gasteiger partial charge on any atom is -0.369 e. The van der Waals surface area contributed by atoms with Gasteiger partial charge in [-0.15, -0.1) is 0 Å². The molecule has 1 amide bonds. The van der Waals surface area contributed by atoms with Gasteiger partial charge in [0.1, 0.15) is 5.52 Å². The highest BCUT2D eigenvalue weighted by Gasteiger charge is 2.21. The van der Waals surface area contributed by atoms with Gasteiger partial charge in [0.15, 0.2) is 15.8 Å². The molecular formula is C13H14N6O3S. The number of carbonyl (C=O) groups is 1. The summed E-state index contributed by atoms with van der Waals surface area (Å²) in [5.41, 5.74) is 6.39. The van der Waals surface area contributed by atoms with Crippen LogP contribution in [0.5, 0.6) is 0 Å². The third kappa shape index (κ3) is 2.75. The maximum Gasteiger partial charge on any atom is 0.260 e. The minimum atomic E-state index is -3.49. The number of nitrogen functional groups attached to an aromatic ring is 1. The van der Waals surface area contributed by atoms with E-state index in [1.807, 2.05) is 0 Å². The quantitative estimate of drug-likeness (QED) is 0.557. The summed E-state index contributed by atoms with van der Waals surface area (Å²) in [4.78, 5) is 25.9. The number of H-pyrrole nitrogens is 2. The molecule has 2 aromatic heterocycles. The van der Waals surface area contributed by atoms with Gasteiger partial charge in [-0.3, -0.25) is 10.1 Å². The van der Waals surface area contributed by atoms with Crippen LogP contribution < -0.4 is 11.1 Å². The maximum atomic E-state index is 12.4. The molecule has 0 unspecified atom stereocenters. The van der Waals surface area contributed by atoms with Crippen LogP contribution in [0, 0.1) is 0 Å². The fourth-order valence-corrected chi connectivity index (χ4v) is 3.07. The molecule has 23 heavy (non-hydrogen) atoms. The standard InChI is InChI=1S/C13H14N6O3S/c1-2-23(21,22)7-5-8(10-9(6-7)17-12(14)18-10)11(20)19-13-15-3-4-16-13/h3-6H,2H2,1H3,(H3,14,17,18)(H2,15,16,19,20). The number of amides is 1. The number of aromatic nitrogens is 4. The summed E-state index contributed by atoms with van der Waals surface area (Å²) in [5.74, 6) is -0.278. The molecule has 2 heterocycles. The number of hydrogen-bond acceptors (Lipinski definition) is 6. The highest BCUT2D eigenvalue weighted by Crippen LogP contribution is 2.24. The van der Waals surface area contributed by atoms with E-state index in [9.17, 15) is 13.2 Å². The van der Waals surface area contributed by atoms with Gasteiger partial charge in [-0.2, -0.15) is 0 Å². The lowest BCUT2D eigenvalue weighted by Gasteiger charge is -2.07. The van der Waals surface area contributed by atoms with Crippen molar-refractivity contribution in [3.63, 3.8) is 0 Å². The Balaban J connectivity index is 2.15. The Morgan fingerprint density at radius 1 is 1.39 bits per heavy atom. The molecule has 0 atom stereocenters. The molecule has 3 rings (SSSR count). The van der Waals surface area contributed by atoms with Gasteiger partial charge in [-0.25, -0.2) is 18.4 Å². The molecule has 0 spiro atoms. The van der Waals surface area contributed by atoms with E-state index >= 15 is 0 Å². The zero-order chi connectivity index (χ0) is 16.6. The normalized spacial score (nSPS) is 11.7. The Morgan fingerprint density at radius 2 is 2.17 bits per heavy atom. The third-order valence-corrected chi connectivity index (χ3v) is 5.01. The summed E-state index contributed by atoms with van der Waals surface area (Å²) < 4.78 is 24.3. The van der Waals surface area contributed by atoms with Gasteiger partial charge in [0.05, 0.1) is 21.7 Å². The smallest absolute Gasteiger partial charge is 0.260 e. The zero-order valence-electron chi connectivity index (χ0n) is 12.1. The van der Waals surface area contributed by atoms with Gasteiger partial charge in [-0.1, -0.05) is 6.92 Å². The van der Waals surface area contributed by atoms with Gasteiger partial charge < -0.3 is 15.7 Å². The van der Waals surface area contributed by atoms with Crippen LogP contribution in [0.1, 0.15) is 17.3 Å². The number of hydrogen-bond donors (Lipinski definition) is 4. The van der Waals surface area contributed by atoms with Crippen molar-refractivity contribution < 1.29 is 13.2 Å². The van der Waals surface area contributed by atoms with E-state index in [-0.39, 0.29) is 28.1 Å². The van der Waals surface area contributed by atoms with Crippen LogP contribution in [-0.4, -0.2) is 40.0 Å². The number of imidazole rings is 2. The topological polar surface area (TPSA) is 147 Å². The van der Waals surface area contributed by atoms with Crippen LogP contribution in [-0.2, 0) is 9.84 Å². The number of nitrogens with one attached hydrogen (secondary N) is 3. The van der Waals surface area contributed by atoms with E-state index in [0.29, 0.717) is 11.0 Å². The van der Waals surface area contributed by atoms with Crippen molar-refractivity contribution in [3.8, 4) is 0 Å². The molecule has 0 saturated carbocycles. The molecule has 3 aromatic rings. The first-order chi connectivity index (χ1) is 10.9. The Bertz CT molecular complexity index is 975. The van der Waals surface area contributed by atoms with Crippen LogP contribution in [0.25, 0.3) is 11.0 Å². The predicted molar refractivity (Wildman–Crippen MR) is 84.8 cm³/mol. The van der Waals surface area contributed by atoms with Crippen LogP contribution in [0.15, 0.2) is 29.4 Å². The molecule has 5 N–H and O–H groups in total. The average molecular weight is 334 g/mol. The van der Waals surface area contributed by atoms with E-state index in [1.54, 1.807) is 6.20 Å². The first kappa shape index (κ1) is 15.0. The van der Waals surface area contributed by atoms with Gasteiger partial charge in [0, 0.05) is 12.4 Å². The van der Waals surface area contributed by atoms with Crippen LogP contribution in [0.2, 0.25) is 0 Å². The number of benzene rings is 1. The Morgan fingerprint density at radius 3 is 2.83 bits per heavy atom. The predicted octanol–water partition coefficient (Wildman–Crippen LogP) is 0.914. The molecule has 0 aliphatic carbocycles. The van der Waals surface area contributed by atoms with Crippen molar-refractivity contribution in [2.24, 2.45) is 0 Å². The molecule has 120 valence electrons. The van der Waals surface area contributed by atoms with Crippen LogP contribution in [0.3, 0.4) is 0 Å².